The van der Waals surface area contributed by atoms with Crippen LogP contribution in [0, 0.1) is 0 Å². The van der Waals surface area contributed by atoms with Crippen molar-refractivity contribution in [1.82, 2.24) is 19.5 Å². The van der Waals surface area contributed by atoms with E-state index in [1.165, 1.54) is 19.4 Å². The van der Waals surface area contributed by atoms with Crippen LogP contribution in [0.25, 0.3) is 5.65 Å². The molecule has 2 aromatic heterocycles. The van der Waals surface area contributed by atoms with Crippen LogP contribution in [-0.2, 0) is 6.54 Å². The average Bonchev–Trinajstić information content (AvgIpc) is 2.91. The maximum absolute atomic E-state index is 5.86. The highest BCUT2D eigenvalue weighted by molar-refractivity contribution is 5.40. The summed E-state index contributed by atoms with van der Waals surface area (Å²) >= 11 is 0. The molecule has 0 aromatic carbocycles. The zero-order valence-corrected chi connectivity index (χ0v) is 12.3. The quantitative estimate of drug-likeness (QED) is 0.926. The summed E-state index contributed by atoms with van der Waals surface area (Å²) < 4.78 is 2.15. The van der Waals surface area contributed by atoms with Crippen LogP contribution in [-0.4, -0.2) is 38.6 Å². The molecule has 5 nitrogen and oxygen atoms in total. The Kier molecular flexibility index (Phi) is 3.72. The van der Waals surface area contributed by atoms with Gasteiger partial charge in [-0.05, 0) is 45.4 Å². The Morgan fingerprint density at radius 2 is 2.20 bits per heavy atom. The highest BCUT2D eigenvalue weighted by Crippen LogP contribution is 2.27. The molecule has 0 bridgehead atoms. The third kappa shape index (κ3) is 2.31. The van der Waals surface area contributed by atoms with Gasteiger partial charge in [0.2, 0.25) is 0 Å². The SMILES string of the molecule is CC(C)N1CCCC(c2nnc3cccc(CN)n23)C1. The largest absolute Gasteiger partial charge is 0.325 e. The number of hydrogen-bond acceptors (Lipinski definition) is 4. The lowest BCUT2D eigenvalue weighted by Crippen LogP contribution is -2.39. The van der Waals surface area contributed by atoms with Crippen molar-refractivity contribution in [2.45, 2.75) is 45.2 Å². The van der Waals surface area contributed by atoms with E-state index in [0.29, 0.717) is 18.5 Å². The monoisotopic (exact) mass is 273 g/mol. The maximum Gasteiger partial charge on any atom is 0.161 e. The molecule has 0 radical (unpaired) electrons. The predicted molar refractivity (Wildman–Crippen MR) is 79.6 cm³/mol. The van der Waals surface area contributed by atoms with Crippen molar-refractivity contribution in [3.63, 3.8) is 0 Å². The summed E-state index contributed by atoms with van der Waals surface area (Å²) in [7, 11) is 0. The Bertz CT molecular complexity index is 589. The first-order chi connectivity index (χ1) is 9.70. The van der Waals surface area contributed by atoms with E-state index in [-0.39, 0.29) is 0 Å². The van der Waals surface area contributed by atoms with E-state index < -0.39 is 0 Å². The minimum atomic E-state index is 0.453. The van der Waals surface area contributed by atoms with Crippen LogP contribution >= 0.6 is 0 Å². The Morgan fingerprint density at radius 1 is 1.35 bits per heavy atom. The fraction of sp³-hybridized carbons (Fsp3) is 0.600. The lowest BCUT2D eigenvalue weighted by molar-refractivity contribution is 0.164. The van der Waals surface area contributed by atoms with Crippen molar-refractivity contribution < 1.29 is 0 Å². The minimum Gasteiger partial charge on any atom is -0.325 e. The molecule has 0 spiro atoms. The molecular weight excluding hydrogens is 250 g/mol. The summed E-state index contributed by atoms with van der Waals surface area (Å²) in [5, 5.41) is 8.76. The summed E-state index contributed by atoms with van der Waals surface area (Å²) in [5.74, 6) is 1.53. The standard InChI is InChI=1S/C15H23N5/c1-11(2)19-8-4-5-12(10-19)15-18-17-14-7-3-6-13(9-16)20(14)15/h3,6-7,11-12H,4-5,8-10,16H2,1-2H3. The van der Waals surface area contributed by atoms with Crippen molar-refractivity contribution in [2.24, 2.45) is 5.73 Å². The molecule has 0 amide bonds. The fourth-order valence-electron chi connectivity index (χ4n) is 3.14. The van der Waals surface area contributed by atoms with Crippen molar-refractivity contribution in [3.8, 4) is 0 Å². The molecule has 3 rings (SSSR count). The first-order valence-corrected chi connectivity index (χ1v) is 7.47. The van der Waals surface area contributed by atoms with Gasteiger partial charge in [-0.25, -0.2) is 0 Å². The smallest absolute Gasteiger partial charge is 0.161 e. The van der Waals surface area contributed by atoms with E-state index in [1.54, 1.807) is 0 Å². The second-order valence-corrected chi connectivity index (χ2v) is 5.90. The van der Waals surface area contributed by atoms with Crippen molar-refractivity contribution in [2.75, 3.05) is 13.1 Å². The van der Waals surface area contributed by atoms with E-state index in [4.69, 9.17) is 5.73 Å². The second kappa shape index (κ2) is 5.50. The number of pyridine rings is 1. The lowest BCUT2D eigenvalue weighted by atomic mass is 9.96. The van der Waals surface area contributed by atoms with Crippen LogP contribution in [0.15, 0.2) is 18.2 Å². The number of piperidine rings is 1. The Morgan fingerprint density at radius 3 is 2.95 bits per heavy atom. The van der Waals surface area contributed by atoms with Gasteiger partial charge in [-0.15, -0.1) is 10.2 Å². The lowest BCUT2D eigenvalue weighted by Gasteiger charge is -2.34. The highest BCUT2D eigenvalue weighted by atomic mass is 15.3. The van der Waals surface area contributed by atoms with Crippen LogP contribution in [0.2, 0.25) is 0 Å². The molecule has 2 N–H and O–H groups in total. The van der Waals surface area contributed by atoms with Gasteiger partial charge >= 0.3 is 0 Å². The number of fused-ring (bicyclic) bond motifs is 1. The van der Waals surface area contributed by atoms with Crippen LogP contribution < -0.4 is 5.73 Å². The van der Waals surface area contributed by atoms with Crippen molar-refractivity contribution in [1.29, 1.82) is 0 Å². The van der Waals surface area contributed by atoms with Gasteiger partial charge in [-0.3, -0.25) is 4.40 Å². The molecule has 5 heteroatoms. The predicted octanol–water partition coefficient (Wildman–Crippen LogP) is 1.78. The summed E-state index contributed by atoms with van der Waals surface area (Å²) in [6, 6.07) is 6.64. The molecule has 0 saturated carbocycles. The van der Waals surface area contributed by atoms with Crippen molar-refractivity contribution in [3.05, 3.63) is 29.7 Å². The molecular formula is C15H23N5. The van der Waals surface area contributed by atoms with Gasteiger partial charge in [-0.2, -0.15) is 0 Å². The molecule has 20 heavy (non-hydrogen) atoms. The molecule has 1 aliphatic heterocycles. The number of hydrogen-bond donors (Lipinski definition) is 1. The summed E-state index contributed by atoms with van der Waals surface area (Å²) in [5.41, 5.74) is 7.86. The topological polar surface area (TPSA) is 59.5 Å². The van der Waals surface area contributed by atoms with E-state index in [2.05, 4.69) is 39.4 Å². The zero-order chi connectivity index (χ0) is 14.1. The van der Waals surface area contributed by atoms with E-state index >= 15 is 0 Å². The molecule has 1 saturated heterocycles. The first kappa shape index (κ1) is 13.5. The number of aromatic nitrogens is 3. The van der Waals surface area contributed by atoms with Crippen LogP contribution in [0.3, 0.4) is 0 Å². The zero-order valence-electron chi connectivity index (χ0n) is 12.3. The van der Waals surface area contributed by atoms with Gasteiger partial charge in [0.25, 0.3) is 0 Å². The number of nitrogens with zero attached hydrogens (tertiary/aromatic N) is 4. The van der Waals surface area contributed by atoms with E-state index in [0.717, 1.165) is 23.7 Å². The molecule has 1 atom stereocenters. The Hall–Kier alpha value is -1.46. The Labute approximate surface area is 119 Å². The number of likely N-dealkylation sites (tertiary alicyclic amines) is 1. The van der Waals surface area contributed by atoms with Crippen LogP contribution in [0.4, 0.5) is 0 Å². The third-order valence-corrected chi connectivity index (χ3v) is 4.29. The average molecular weight is 273 g/mol. The highest BCUT2D eigenvalue weighted by Gasteiger charge is 2.26. The van der Waals surface area contributed by atoms with E-state index in [1.807, 2.05) is 12.1 Å². The van der Waals surface area contributed by atoms with Gasteiger partial charge in [0, 0.05) is 30.7 Å². The van der Waals surface area contributed by atoms with Crippen LogP contribution in [0.1, 0.15) is 44.1 Å². The van der Waals surface area contributed by atoms with Gasteiger partial charge in [-0.1, -0.05) is 6.07 Å². The van der Waals surface area contributed by atoms with Gasteiger partial charge in [0.05, 0.1) is 0 Å². The van der Waals surface area contributed by atoms with Gasteiger partial charge < -0.3 is 10.6 Å². The fourth-order valence-corrected chi connectivity index (χ4v) is 3.14. The van der Waals surface area contributed by atoms with Crippen LogP contribution in [0.5, 0.6) is 0 Å². The summed E-state index contributed by atoms with van der Waals surface area (Å²) in [4.78, 5) is 2.53. The van der Waals surface area contributed by atoms with Gasteiger partial charge in [0.15, 0.2) is 5.65 Å². The second-order valence-electron chi connectivity index (χ2n) is 5.90. The summed E-state index contributed by atoms with van der Waals surface area (Å²) in [6.45, 7) is 7.29. The Balaban J connectivity index is 1.97. The molecule has 108 valence electrons. The molecule has 1 fully saturated rings. The summed E-state index contributed by atoms with van der Waals surface area (Å²) in [6.07, 6.45) is 2.41. The number of nitrogens with two attached hydrogens (primary N) is 1. The maximum atomic E-state index is 5.86. The first-order valence-electron chi connectivity index (χ1n) is 7.47. The molecule has 1 aliphatic rings. The van der Waals surface area contributed by atoms with Gasteiger partial charge in [0.1, 0.15) is 5.82 Å². The molecule has 3 heterocycles. The van der Waals surface area contributed by atoms with Crippen molar-refractivity contribution >= 4 is 5.65 Å². The molecule has 1 unspecified atom stereocenters. The third-order valence-electron chi connectivity index (χ3n) is 4.29. The van der Waals surface area contributed by atoms with E-state index in [9.17, 15) is 0 Å². The number of rotatable bonds is 3. The molecule has 0 aliphatic carbocycles. The molecule has 2 aromatic rings. The minimum absolute atomic E-state index is 0.453. The normalized spacial score (nSPS) is 20.9.